The lowest BCUT2D eigenvalue weighted by Crippen LogP contribution is -2.16. The van der Waals surface area contributed by atoms with Crippen LogP contribution < -0.4 is 10.5 Å². The number of ketones is 1. The number of aromatic nitrogens is 3. The minimum absolute atomic E-state index is 0.00139. The molecule has 31 heavy (non-hydrogen) atoms. The Morgan fingerprint density at radius 1 is 0.935 bits per heavy atom. The molecule has 0 aliphatic rings. The summed E-state index contributed by atoms with van der Waals surface area (Å²) >= 11 is 1.22. The van der Waals surface area contributed by atoms with Crippen molar-refractivity contribution in [3.63, 3.8) is 0 Å². The standard InChI is InChI=1S/C21H19N5O3S2/c1-11-4-9-16-17(22)19(30-20(16)23-11)18(27)14-5-7-15(8-6-14)31(28,29)26-21-24-12(2)10-13(3)25-21/h4-10H,22H2,1-3H3,(H,24,25,26). The molecule has 0 spiro atoms. The van der Waals surface area contributed by atoms with E-state index in [1.807, 2.05) is 19.1 Å². The van der Waals surface area contributed by atoms with Gasteiger partial charge in [0.25, 0.3) is 10.0 Å². The Morgan fingerprint density at radius 2 is 1.58 bits per heavy atom. The zero-order chi connectivity index (χ0) is 22.3. The van der Waals surface area contributed by atoms with Crippen molar-refractivity contribution in [1.82, 2.24) is 15.0 Å². The van der Waals surface area contributed by atoms with Crippen LogP contribution in [0, 0.1) is 20.8 Å². The van der Waals surface area contributed by atoms with Crippen molar-refractivity contribution in [2.75, 3.05) is 10.5 Å². The van der Waals surface area contributed by atoms with Gasteiger partial charge in [0.2, 0.25) is 11.7 Å². The maximum atomic E-state index is 13.0. The topological polar surface area (TPSA) is 128 Å². The molecular weight excluding hydrogens is 434 g/mol. The Labute approximate surface area is 183 Å². The van der Waals surface area contributed by atoms with Crippen LogP contribution >= 0.6 is 11.3 Å². The van der Waals surface area contributed by atoms with E-state index in [1.54, 1.807) is 19.9 Å². The van der Waals surface area contributed by atoms with E-state index >= 15 is 0 Å². The minimum atomic E-state index is -3.91. The number of pyridine rings is 1. The van der Waals surface area contributed by atoms with Crippen LogP contribution in [0.3, 0.4) is 0 Å². The molecule has 3 aromatic heterocycles. The van der Waals surface area contributed by atoms with Crippen LogP contribution in [-0.2, 0) is 10.0 Å². The molecular formula is C21H19N5O3S2. The SMILES string of the molecule is Cc1cc(C)nc(NS(=O)(=O)c2ccc(C(=O)c3sc4nc(C)ccc4c3N)cc2)n1. The largest absolute Gasteiger partial charge is 0.397 e. The highest BCUT2D eigenvalue weighted by Gasteiger charge is 2.21. The first-order valence-corrected chi connectivity index (χ1v) is 11.6. The Balaban J connectivity index is 1.62. The van der Waals surface area contributed by atoms with Crippen molar-refractivity contribution in [2.24, 2.45) is 0 Å². The quantitative estimate of drug-likeness (QED) is 0.442. The van der Waals surface area contributed by atoms with Gasteiger partial charge in [0.1, 0.15) is 9.71 Å². The van der Waals surface area contributed by atoms with E-state index in [0.717, 1.165) is 11.1 Å². The van der Waals surface area contributed by atoms with E-state index in [2.05, 4.69) is 19.7 Å². The van der Waals surface area contributed by atoms with Crippen molar-refractivity contribution < 1.29 is 13.2 Å². The van der Waals surface area contributed by atoms with Crippen molar-refractivity contribution in [2.45, 2.75) is 25.7 Å². The molecule has 158 valence electrons. The smallest absolute Gasteiger partial charge is 0.264 e. The first-order chi connectivity index (χ1) is 14.6. The molecule has 4 rings (SSSR count). The number of aryl methyl sites for hydroxylation is 3. The third kappa shape index (κ3) is 4.12. The second-order valence-corrected chi connectivity index (χ2v) is 9.76. The molecule has 0 saturated heterocycles. The van der Waals surface area contributed by atoms with Gasteiger partial charge in [-0.3, -0.25) is 4.79 Å². The molecule has 0 aliphatic heterocycles. The summed E-state index contributed by atoms with van der Waals surface area (Å²) in [6.45, 7) is 5.38. The van der Waals surface area contributed by atoms with E-state index in [1.165, 1.54) is 35.6 Å². The summed E-state index contributed by atoms with van der Waals surface area (Å²) in [6.07, 6.45) is 0. The number of thiophene rings is 1. The van der Waals surface area contributed by atoms with Crippen LogP contribution in [-0.4, -0.2) is 29.2 Å². The number of nitrogen functional groups attached to an aromatic ring is 1. The van der Waals surface area contributed by atoms with Crippen LogP contribution in [0.2, 0.25) is 0 Å². The number of carbonyl (C=O) groups is 1. The Morgan fingerprint density at radius 3 is 2.23 bits per heavy atom. The summed E-state index contributed by atoms with van der Waals surface area (Å²) in [5.74, 6) is -0.286. The lowest BCUT2D eigenvalue weighted by atomic mass is 10.1. The van der Waals surface area contributed by atoms with E-state index in [-0.39, 0.29) is 16.6 Å². The van der Waals surface area contributed by atoms with Gasteiger partial charge in [0.15, 0.2) is 0 Å². The van der Waals surface area contributed by atoms with E-state index in [9.17, 15) is 13.2 Å². The molecule has 0 saturated carbocycles. The lowest BCUT2D eigenvalue weighted by molar-refractivity contribution is 0.104. The predicted octanol–water partition coefficient (Wildman–Crippen LogP) is 3.63. The number of hydrogen-bond acceptors (Lipinski definition) is 8. The van der Waals surface area contributed by atoms with Crippen LogP contribution in [0.4, 0.5) is 11.6 Å². The third-order valence-corrected chi connectivity index (χ3v) is 7.03. The van der Waals surface area contributed by atoms with Crippen LogP contribution in [0.25, 0.3) is 10.2 Å². The summed E-state index contributed by atoms with van der Waals surface area (Å²) in [6, 6.07) is 11.1. The van der Waals surface area contributed by atoms with Crippen LogP contribution in [0.5, 0.6) is 0 Å². The molecule has 0 fully saturated rings. The van der Waals surface area contributed by atoms with Crippen molar-refractivity contribution in [1.29, 1.82) is 0 Å². The fraction of sp³-hybridized carbons (Fsp3) is 0.143. The van der Waals surface area contributed by atoms with Gasteiger partial charge < -0.3 is 5.73 Å². The number of hydrogen-bond donors (Lipinski definition) is 2. The average molecular weight is 454 g/mol. The third-order valence-electron chi connectivity index (χ3n) is 4.57. The summed E-state index contributed by atoms with van der Waals surface area (Å²) in [7, 11) is -3.91. The highest BCUT2D eigenvalue weighted by atomic mass is 32.2. The first kappa shape index (κ1) is 20.9. The number of sulfonamides is 1. The molecule has 0 radical (unpaired) electrons. The zero-order valence-electron chi connectivity index (χ0n) is 17.0. The van der Waals surface area contributed by atoms with Gasteiger partial charge in [0.05, 0.1) is 10.6 Å². The molecule has 0 bridgehead atoms. The van der Waals surface area contributed by atoms with Gasteiger partial charge in [-0.15, -0.1) is 11.3 Å². The van der Waals surface area contributed by atoms with Crippen LogP contribution in [0.15, 0.2) is 47.4 Å². The second-order valence-electron chi connectivity index (χ2n) is 7.08. The molecule has 3 heterocycles. The van der Waals surface area contributed by atoms with E-state index in [0.29, 0.717) is 32.3 Å². The van der Waals surface area contributed by atoms with E-state index < -0.39 is 10.0 Å². The molecule has 8 nitrogen and oxygen atoms in total. The number of anilines is 2. The van der Waals surface area contributed by atoms with Gasteiger partial charge in [-0.25, -0.2) is 28.1 Å². The average Bonchev–Trinajstić information content (AvgIpc) is 3.02. The molecule has 0 aliphatic carbocycles. The van der Waals surface area contributed by atoms with Gasteiger partial charge in [-0.1, -0.05) is 0 Å². The van der Waals surface area contributed by atoms with E-state index in [4.69, 9.17) is 5.73 Å². The van der Waals surface area contributed by atoms with Gasteiger partial charge >= 0.3 is 0 Å². The molecule has 1 aromatic carbocycles. The number of fused-ring (bicyclic) bond motifs is 1. The van der Waals surface area contributed by atoms with Crippen molar-refractivity contribution in [3.8, 4) is 0 Å². The Bertz CT molecular complexity index is 1410. The summed E-state index contributed by atoms with van der Waals surface area (Å²) in [4.78, 5) is 26.6. The lowest BCUT2D eigenvalue weighted by Gasteiger charge is -2.08. The molecule has 3 N–H and O–H groups in total. The summed E-state index contributed by atoms with van der Waals surface area (Å²) in [5, 5.41) is 0.732. The van der Waals surface area contributed by atoms with Crippen LogP contribution in [0.1, 0.15) is 32.3 Å². The predicted molar refractivity (Wildman–Crippen MR) is 121 cm³/mol. The molecule has 4 aromatic rings. The molecule has 0 amide bonds. The number of nitrogens with zero attached hydrogens (tertiary/aromatic N) is 3. The van der Waals surface area contributed by atoms with Crippen molar-refractivity contribution in [3.05, 3.63) is 70.0 Å². The minimum Gasteiger partial charge on any atom is -0.397 e. The monoisotopic (exact) mass is 453 g/mol. The summed E-state index contributed by atoms with van der Waals surface area (Å²) in [5.41, 5.74) is 9.01. The number of rotatable bonds is 5. The normalized spacial score (nSPS) is 11.6. The van der Waals surface area contributed by atoms with Gasteiger partial charge in [-0.05, 0) is 63.2 Å². The second kappa shape index (κ2) is 7.71. The highest BCUT2D eigenvalue weighted by molar-refractivity contribution is 7.92. The fourth-order valence-corrected chi connectivity index (χ4v) is 5.17. The first-order valence-electron chi connectivity index (χ1n) is 9.29. The summed E-state index contributed by atoms with van der Waals surface area (Å²) < 4.78 is 27.7. The maximum absolute atomic E-state index is 13.0. The molecule has 0 unspecified atom stereocenters. The van der Waals surface area contributed by atoms with Gasteiger partial charge in [-0.2, -0.15) is 0 Å². The zero-order valence-corrected chi connectivity index (χ0v) is 18.6. The highest BCUT2D eigenvalue weighted by Crippen LogP contribution is 2.34. The van der Waals surface area contributed by atoms with Crippen molar-refractivity contribution >= 4 is 49.0 Å². The molecule has 0 atom stereocenters. The number of benzene rings is 1. The number of carbonyl (C=O) groups excluding carboxylic acids is 1. The van der Waals surface area contributed by atoms with Gasteiger partial charge in [0, 0.05) is 28.0 Å². The Hall–Kier alpha value is -3.37. The fourth-order valence-electron chi connectivity index (χ4n) is 3.13. The maximum Gasteiger partial charge on any atom is 0.264 e. The number of nitrogens with two attached hydrogens (primary N) is 1. The number of nitrogens with one attached hydrogen (secondary N) is 1. The molecule has 10 heteroatoms. The Kier molecular flexibility index (Phi) is 5.19.